The normalized spacial score (nSPS) is 17.5. The van der Waals surface area contributed by atoms with Gasteiger partial charge in [0, 0.05) is 0 Å². The van der Waals surface area contributed by atoms with Gasteiger partial charge in [-0.3, -0.25) is 4.79 Å². The number of nitriles is 1. The zero-order valence-corrected chi connectivity index (χ0v) is 8.23. The molecule has 0 saturated heterocycles. The average Bonchev–Trinajstić information content (AvgIpc) is 2.16. The number of carbonyl (C=O) groups is 1. The van der Waals surface area contributed by atoms with E-state index >= 15 is 0 Å². The van der Waals surface area contributed by atoms with Gasteiger partial charge in [0.25, 0.3) is 0 Å². The third-order valence-corrected chi connectivity index (χ3v) is 3.18. The number of hydrogen-bond acceptors (Lipinski definition) is 2. The Hall–Kier alpha value is -1.82. The second kappa shape index (κ2) is 3.39. The molecule has 1 aliphatic rings. The summed E-state index contributed by atoms with van der Waals surface area (Å²) in [4.78, 5) is 11.3. The van der Waals surface area contributed by atoms with Crippen molar-refractivity contribution in [3.8, 4) is 6.07 Å². The van der Waals surface area contributed by atoms with Crippen LogP contribution in [0.1, 0.15) is 30.4 Å². The van der Waals surface area contributed by atoms with E-state index < -0.39 is 11.4 Å². The van der Waals surface area contributed by atoms with Crippen LogP contribution < -0.4 is 0 Å². The summed E-state index contributed by atoms with van der Waals surface area (Å²) in [5.74, 6) is -0.809. The lowest BCUT2D eigenvalue weighted by Gasteiger charge is -2.38. The molecule has 1 N–H and O–H groups in total. The molecule has 2 rings (SSSR count). The molecule has 1 aromatic rings. The van der Waals surface area contributed by atoms with Crippen molar-refractivity contribution in [2.45, 2.75) is 24.7 Å². The molecule has 0 heterocycles. The Balaban J connectivity index is 2.53. The van der Waals surface area contributed by atoms with Crippen molar-refractivity contribution in [2.24, 2.45) is 0 Å². The largest absolute Gasteiger partial charge is 0.481 e. The lowest BCUT2D eigenvalue weighted by atomic mass is 9.63. The second-order valence-electron chi connectivity index (χ2n) is 3.90. The van der Waals surface area contributed by atoms with Crippen LogP contribution in [-0.4, -0.2) is 11.1 Å². The van der Waals surface area contributed by atoms with Crippen molar-refractivity contribution in [1.82, 2.24) is 0 Å². The van der Waals surface area contributed by atoms with Gasteiger partial charge in [-0.05, 0) is 24.5 Å². The number of hydrogen-bond donors (Lipinski definition) is 1. The van der Waals surface area contributed by atoms with Gasteiger partial charge >= 0.3 is 5.97 Å². The first kappa shape index (κ1) is 9.72. The van der Waals surface area contributed by atoms with Crippen LogP contribution in [0.15, 0.2) is 24.3 Å². The number of aliphatic carboxylic acids is 1. The number of rotatable bonds is 2. The number of carboxylic acids is 1. The highest BCUT2D eigenvalue weighted by Crippen LogP contribution is 2.45. The Morgan fingerprint density at radius 2 is 2.07 bits per heavy atom. The van der Waals surface area contributed by atoms with Gasteiger partial charge in [-0.2, -0.15) is 5.26 Å². The fraction of sp³-hybridized carbons (Fsp3) is 0.333. The molecule has 1 aromatic carbocycles. The molecule has 3 nitrogen and oxygen atoms in total. The molecule has 0 radical (unpaired) electrons. The maximum absolute atomic E-state index is 11.3. The molecule has 3 heteroatoms. The number of nitrogens with zero attached hydrogens (tertiary/aromatic N) is 1. The number of carboxylic acid groups (broad SMARTS) is 1. The maximum atomic E-state index is 11.3. The van der Waals surface area contributed by atoms with E-state index in [2.05, 4.69) is 6.07 Å². The standard InChI is InChI=1S/C12H11NO2/c13-8-9-4-1-2-5-10(9)12(11(14)15)6-3-7-12/h1-2,4-5H,3,6-7H2,(H,14,15). The monoisotopic (exact) mass is 201 g/mol. The minimum Gasteiger partial charge on any atom is -0.481 e. The van der Waals surface area contributed by atoms with E-state index in [9.17, 15) is 9.90 Å². The maximum Gasteiger partial charge on any atom is 0.314 e. The topological polar surface area (TPSA) is 61.1 Å². The van der Waals surface area contributed by atoms with E-state index in [0.29, 0.717) is 24.0 Å². The van der Waals surface area contributed by atoms with Crippen molar-refractivity contribution in [1.29, 1.82) is 5.26 Å². The Morgan fingerprint density at radius 1 is 1.40 bits per heavy atom. The summed E-state index contributed by atoms with van der Waals surface area (Å²) >= 11 is 0. The van der Waals surface area contributed by atoms with Gasteiger partial charge in [0.2, 0.25) is 0 Å². The van der Waals surface area contributed by atoms with E-state index in [0.717, 1.165) is 6.42 Å². The summed E-state index contributed by atoms with van der Waals surface area (Å²) in [6.45, 7) is 0. The lowest BCUT2D eigenvalue weighted by Crippen LogP contribution is -2.42. The molecular formula is C12H11NO2. The highest BCUT2D eigenvalue weighted by atomic mass is 16.4. The third-order valence-electron chi connectivity index (χ3n) is 3.18. The first-order chi connectivity index (χ1) is 7.20. The molecule has 0 aliphatic heterocycles. The van der Waals surface area contributed by atoms with Gasteiger partial charge in [0.15, 0.2) is 0 Å². The molecule has 1 fully saturated rings. The Bertz CT molecular complexity index is 441. The molecule has 0 amide bonds. The predicted molar refractivity (Wildman–Crippen MR) is 54.3 cm³/mol. The molecular weight excluding hydrogens is 190 g/mol. The zero-order chi connectivity index (χ0) is 10.9. The summed E-state index contributed by atoms with van der Waals surface area (Å²) in [5.41, 5.74) is 0.359. The Morgan fingerprint density at radius 3 is 2.53 bits per heavy atom. The van der Waals surface area contributed by atoms with Crippen LogP contribution in [0.2, 0.25) is 0 Å². The smallest absolute Gasteiger partial charge is 0.314 e. The summed E-state index contributed by atoms with van der Waals surface area (Å²) in [6, 6.07) is 9.05. The molecule has 0 atom stereocenters. The molecule has 0 aromatic heterocycles. The Kier molecular flexibility index (Phi) is 2.20. The minimum absolute atomic E-state index is 0.486. The molecule has 1 aliphatic carbocycles. The predicted octanol–water partition coefficient (Wildman–Crippen LogP) is 2.06. The summed E-state index contributed by atoms with van der Waals surface area (Å²) in [7, 11) is 0. The molecule has 1 saturated carbocycles. The summed E-state index contributed by atoms with van der Waals surface area (Å²) in [5, 5.41) is 18.2. The van der Waals surface area contributed by atoms with Crippen molar-refractivity contribution < 1.29 is 9.90 Å². The first-order valence-electron chi connectivity index (χ1n) is 4.94. The van der Waals surface area contributed by atoms with Crippen LogP contribution in [0.3, 0.4) is 0 Å². The molecule has 15 heavy (non-hydrogen) atoms. The zero-order valence-electron chi connectivity index (χ0n) is 8.23. The molecule has 0 bridgehead atoms. The van der Waals surface area contributed by atoms with Crippen LogP contribution in [0.5, 0.6) is 0 Å². The van der Waals surface area contributed by atoms with Crippen LogP contribution in [0.25, 0.3) is 0 Å². The fourth-order valence-corrected chi connectivity index (χ4v) is 2.13. The van der Waals surface area contributed by atoms with Gasteiger partial charge in [0.05, 0.1) is 17.0 Å². The van der Waals surface area contributed by atoms with E-state index in [1.165, 1.54) is 0 Å². The van der Waals surface area contributed by atoms with Gasteiger partial charge in [0.1, 0.15) is 0 Å². The van der Waals surface area contributed by atoms with Crippen LogP contribution in [-0.2, 0) is 10.2 Å². The van der Waals surface area contributed by atoms with Gasteiger partial charge in [-0.15, -0.1) is 0 Å². The Labute approximate surface area is 88.0 Å². The van der Waals surface area contributed by atoms with Crippen LogP contribution >= 0.6 is 0 Å². The van der Waals surface area contributed by atoms with Crippen molar-refractivity contribution >= 4 is 5.97 Å². The lowest BCUT2D eigenvalue weighted by molar-refractivity contribution is -0.147. The highest BCUT2D eigenvalue weighted by Gasteiger charge is 2.47. The number of benzene rings is 1. The van der Waals surface area contributed by atoms with Crippen molar-refractivity contribution in [3.63, 3.8) is 0 Å². The van der Waals surface area contributed by atoms with Gasteiger partial charge in [-0.1, -0.05) is 24.6 Å². The molecule has 0 unspecified atom stereocenters. The van der Waals surface area contributed by atoms with E-state index in [1.807, 2.05) is 0 Å². The second-order valence-corrected chi connectivity index (χ2v) is 3.90. The van der Waals surface area contributed by atoms with Crippen LogP contribution in [0, 0.1) is 11.3 Å². The summed E-state index contributed by atoms with van der Waals surface area (Å²) < 4.78 is 0. The third kappa shape index (κ3) is 1.30. The van der Waals surface area contributed by atoms with Crippen molar-refractivity contribution in [2.75, 3.05) is 0 Å². The van der Waals surface area contributed by atoms with E-state index in [-0.39, 0.29) is 0 Å². The van der Waals surface area contributed by atoms with E-state index in [1.54, 1.807) is 24.3 Å². The SMILES string of the molecule is N#Cc1ccccc1C1(C(=O)O)CCC1. The van der Waals surface area contributed by atoms with E-state index in [4.69, 9.17) is 5.26 Å². The molecule has 76 valence electrons. The quantitative estimate of drug-likeness (QED) is 0.796. The summed E-state index contributed by atoms with van der Waals surface area (Å²) in [6.07, 6.45) is 2.20. The first-order valence-corrected chi connectivity index (χ1v) is 4.94. The van der Waals surface area contributed by atoms with Gasteiger partial charge < -0.3 is 5.11 Å². The van der Waals surface area contributed by atoms with Crippen LogP contribution in [0.4, 0.5) is 0 Å². The molecule has 0 spiro atoms. The fourth-order valence-electron chi connectivity index (χ4n) is 2.13. The average molecular weight is 201 g/mol. The highest BCUT2D eigenvalue weighted by molar-refractivity contribution is 5.83. The van der Waals surface area contributed by atoms with Gasteiger partial charge in [-0.25, -0.2) is 0 Å². The van der Waals surface area contributed by atoms with Crippen molar-refractivity contribution in [3.05, 3.63) is 35.4 Å². The minimum atomic E-state index is -0.809.